The van der Waals surface area contributed by atoms with Gasteiger partial charge >= 0.3 is 7.12 Å². The first-order chi connectivity index (χ1) is 10.5. The minimum absolute atomic E-state index is 0.257. The molecule has 0 spiro atoms. The summed E-state index contributed by atoms with van der Waals surface area (Å²) in [4.78, 5) is 0.257. The van der Waals surface area contributed by atoms with Crippen molar-refractivity contribution in [2.75, 3.05) is 13.1 Å². The van der Waals surface area contributed by atoms with Crippen molar-refractivity contribution in [2.45, 2.75) is 17.7 Å². The van der Waals surface area contributed by atoms with Crippen molar-refractivity contribution >= 4 is 22.6 Å². The van der Waals surface area contributed by atoms with Gasteiger partial charge in [-0.3, -0.25) is 0 Å². The number of benzene rings is 1. The van der Waals surface area contributed by atoms with E-state index in [9.17, 15) is 8.42 Å². The molecule has 2 aromatic rings. The number of nitrogens with zero attached hydrogens (tertiary/aromatic N) is 3. The fraction of sp³-hybridized carbons (Fsp3) is 0.308. The van der Waals surface area contributed by atoms with Gasteiger partial charge in [-0.2, -0.15) is 9.40 Å². The highest BCUT2D eigenvalue weighted by molar-refractivity contribution is 7.89. The lowest BCUT2D eigenvalue weighted by atomic mass is 9.83. The van der Waals surface area contributed by atoms with Gasteiger partial charge in [0.15, 0.2) is 0 Å². The number of aromatic nitrogens is 2. The van der Waals surface area contributed by atoms with Gasteiger partial charge in [-0.1, -0.05) is 0 Å². The third-order valence-corrected chi connectivity index (χ3v) is 5.62. The van der Waals surface area contributed by atoms with Crippen molar-refractivity contribution in [1.29, 1.82) is 0 Å². The Bertz CT molecular complexity index is 752. The second-order valence-corrected chi connectivity index (χ2v) is 7.13. The Hall–Kier alpha value is -1.68. The zero-order chi connectivity index (χ0) is 15.7. The predicted molar refractivity (Wildman–Crippen MR) is 81.4 cm³/mol. The molecule has 0 amide bonds. The van der Waals surface area contributed by atoms with E-state index in [-0.39, 0.29) is 10.4 Å². The van der Waals surface area contributed by atoms with Gasteiger partial charge in [0, 0.05) is 30.9 Å². The molecule has 1 fully saturated rings. The maximum absolute atomic E-state index is 12.4. The Morgan fingerprint density at radius 3 is 2.27 bits per heavy atom. The van der Waals surface area contributed by atoms with Gasteiger partial charge < -0.3 is 10.0 Å². The molecule has 1 aliphatic heterocycles. The van der Waals surface area contributed by atoms with Crippen molar-refractivity contribution in [3.63, 3.8) is 0 Å². The summed E-state index contributed by atoms with van der Waals surface area (Å²) >= 11 is 0. The zero-order valence-corrected chi connectivity index (χ0v) is 12.6. The van der Waals surface area contributed by atoms with E-state index < -0.39 is 17.1 Å². The molecule has 22 heavy (non-hydrogen) atoms. The van der Waals surface area contributed by atoms with Crippen molar-refractivity contribution in [3.05, 3.63) is 36.7 Å². The summed E-state index contributed by atoms with van der Waals surface area (Å²) in [5.74, 6) is 0. The number of hydrogen-bond acceptors (Lipinski definition) is 5. The van der Waals surface area contributed by atoms with E-state index in [1.807, 2.05) is 0 Å². The van der Waals surface area contributed by atoms with Crippen LogP contribution in [0.25, 0.3) is 5.69 Å². The first-order valence-electron chi connectivity index (χ1n) is 7.00. The van der Waals surface area contributed by atoms with E-state index in [4.69, 9.17) is 10.0 Å². The highest BCUT2D eigenvalue weighted by Crippen LogP contribution is 2.21. The minimum atomic E-state index is -3.42. The van der Waals surface area contributed by atoms with Crippen LogP contribution >= 0.6 is 0 Å². The van der Waals surface area contributed by atoms with E-state index >= 15 is 0 Å². The Labute approximate surface area is 129 Å². The molecule has 0 aliphatic carbocycles. The largest absolute Gasteiger partial charge is 0.491 e. The number of rotatable bonds is 4. The van der Waals surface area contributed by atoms with Crippen molar-refractivity contribution in [1.82, 2.24) is 14.1 Å². The van der Waals surface area contributed by atoms with Gasteiger partial charge in [0.25, 0.3) is 0 Å². The van der Waals surface area contributed by atoms with Crippen LogP contribution in [0.1, 0.15) is 12.8 Å². The zero-order valence-electron chi connectivity index (χ0n) is 11.8. The topological polar surface area (TPSA) is 95.7 Å². The quantitative estimate of drug-likeness (QED) is 0.729. The summed E-state index contributed by atoms with van der Waals surface area (Å²) < 4.78 is 27.8. The van der Waals surface area contributed by atoms with E-state index in [0.717, 1.165) is 12.8 Å². The molecule has 1 aromatic heterocycles. The van der Waals surface area contributed by atoms with E-state index in [2.05, 4.69) is 5.10 Å². The summed E-state index contributed by atoms with van der Waals surface area (Å²) in [7, 11) is -5.00. The SMILES string of the molecule is O=S(=O)(c1ccc(-n2cc(B(O)O)cn2)cc1)N1CCCC1. The monoisotopic (exact) mass is 321 g/mol. The molecule has 1 aliphatic rings. The molecule has 3 rings (SSSR count). The van der Waals surface area contributed by atoms with Crippen LogP contribution < -0.4 is 5.46 Å². The molecule has 1 aromatic carbocycles. The molecule has 2 heterocycles. The summed E-state index contributed by atoms with van der Waals surface area (Å²) in [5.41, 5.74) is 0.918. The molecule has 7 nitrogen and oxygen atoms in total. The van der Waals surface area contributed by atoms with E-state index in [1.54, 1.807) is 24.3 Å². The smallest absolute Gasteiger partial charge is 0.423 e. The predicted octanol–water partition coefficient (Wildman–Crippen LogP) is -0.663. The van der Waals surface area contributed by atoms with Gasteiger partial charge in [-0.15, -0.1) is 0 Å². The maximum Gasteiger partial charge on any atom is 0.491 e. The standard InChI is InChI=1S/C13H16BN3O4S/c18-14(19)11-9-15-17(10-11)12-3-5-13(6-4-12)22(20,21)16-7-1-2-8-16/h3-6,9-10,18-19H,1-2,7-8H2. The minimum Gasteiger partial charge on any atom is -0.423 e. The molecule has 116 valence electrons. The van der Waals surface area contributed by atoms with Crippen LogP contribution in [-0.2, 0) is 10.0 Å². The summed E-state index contributed by atoms with van der Waals surface area (Å²) in [5, 5.41) is 22.2. The third-order valence-electron chi connectivity index (χ3n) is 3.70. The van der Waals surface area contributed by atoms with Gasteiger partial charge in [0.05, 0.1) is 10.6 Å². The van der Waals surface area contributed by atoms with Crippen molar-refractivity contribution < 1.29 is 18.5 Å². The van der Waals surface area contributed by atoms with Crippen LogP contribution in [0.15, 0.2) is 41.6 Å². The van der Waals surface area contributed by atoms with Gasteiger partial charge in [-0.25, -0.2) is 13.1 Å². The number of hydrogen-bond donors (Lipinski definition) is 2. The fourth-order valence-electron chi connectivity index (χ4n) is 2.46. The van der Waals surface area contributed by atoms with Gasteiger partial charge in [0.1, 0.15) is 0 Å². The second kappa shape index (κ2) is 5.84. The molecule has 0 saturated carbocycles. The highest BCUT2D eigenvalue weighted by Gasteiger charge is 2.27. The normalized spacial score (nSPS) is 16.1. The molecule has 0 atom stereocenters. The Kier molecular flexibility index (Phi) is 4.05. The van der Waals surface area contributed by atoms with Crippen LogP contribution in [0.5, 0.6) is 0 Å². The molecule has 0 unspecified atom stereocenters. The lowest BCUT2D eigenvalue weighted by molar-refractivity contribution is 0.426. The van der Waals surface area contributed by atoms with Crippen LogP contribution in [0.4, 0.5) is 0 Å². The van der Waals surface area contributed by atoms with Gasteiger partial charge in [-0.05, 0) is 37.1 Å². The Morgan fingerprint density at radius 1 is 1.09 bits per heavy atom. The van der Waals surface area contributed by atoms with Crippen molar-refractivity contribution in [3.8, 4) is 5.69 Å². The molecular formula is C13H16BN3O4S. The lowest BCUT2D eigenvalue weighted by Gasteiger charge is -2.15. The first kappa shape index (κ1) is 15.2. The van der Waals surface area contributed by atoms with Crippen LogP contribution in [0, 0.1) is 0 Å². The molecule has 1 saturated heterocycles. The third kappa shape index (κ3) is 2.80. The highest BCUT2D eigenvalue weighted by atomic mass is 32.2. The molecule has 2 N–H and O–H groups in total. The second-order valence-electron chi connectivity index (χ2n) is 5.20. The van der Waals surface area contributed by atoms with Gasteiger partial charge in [0.2, 0.25) is 10.0 Å². The number of sulfonamides is 1. The Morgan fingerprint density at radius 2 is 1.73 bits per heavy atom. The molecule has 0 radical (unpaired) electrons. The average molecular weight is 321 g/mol. The fourth-order valence-corrected chi connectivity index (χ4v) is 3.98. The molecule has 9 heteroatoms. The Balaban J connectivity index is 1.86. The maximum atomic E-state index is 12.4. The van der Waals surface area contributed by atoms with Crippen LogP contribution in [-0.4, -0.2) is 52.8 Å². The van der Waals surface area contributed by atoms with Crippen LogP contribution in [0.2, 0.25) is 0 Å². The summed E-state index contributed by atoms with van der Waals surface area (Å²) in [6, 6.07) is 6.37. The molecular weight excluding hydrogens is 305 g/mol. The van der Waals surface area contributed by atoms with Crippen molar-refractivity contribution in [2.24, 2.45) is 0 Å². The van der Waals surface area contributed by atoms with Crippen LogP contribution in [0.3, 0.4) is 0 Å². The summed E-state index contributed by atoms with van der Waals surface area (Å²) in [6.45, 7) is 1.14. The van der Waals surface area contributed by atoms with E-state index in [1.165, 1.54) is 21.4 Å². The average Bonchev–Trinajstić information content (AvgIpc) is 3.19. The summed E-state index contributed by atoms with van der Waals surface area (Å²) in [6.07, 6.45) is 4.63. The first-order valence-corrected chi connectivity index (χ1v) is 8.44. The van der Waals surface area contributed by atoms with E-state index in [0.29, 0.717) is 18.8 Å². The lowest BCUT2D eigenvalue weighted by Crippen LogP contribution is -2.28. The molecule has 0 bridgehead atoms.